The van der Waals surface area contributed by atoms with Gasteiger partial charge in [-0.15, -0.1) is 11.8 Å². The van der Waals surface area contributed by atoms with E-state index in [1.54, 1.807) is 0 Å². The van der Waals surface area contributed by atoms with E-state index >= 15 is 0 Å². The second-order valence-corrected chi connectivity index (χ2v) is 6.87. The van der Waals surface area contributed by atoms with E-state index < -0.39 is 16.6 Å². The number of carboxylic acids is 1. The largest absolute Gasteiger partial charge is 0.480 e. The number of halogens is 2. The number of pyridine rings is 1. The summed E-state index contributed by atoms with van der Waals surface area (Å²) in [6, 6.07) is 1.40. The van der Waals surface area contributed by atoms with E-state index in [2.05, 4.69) is 10.3 Å². The number of methoxy groups -OCH3 is 1. The molecule has 0 unspecified atom stereocenters. The summed E-state index contributed by atoms with van der Waals surface area (Å²) in [6.07, 6.45) is 0. The Balaban J connectivity index is 2.74. The number of carboxylic acid groups (broad SMARTS) is 1. The van der Waals surface area contributed by atoms with Gasteiger partial charge in [-0.3, -0.25) is 9.59 Å². The highest BCUT2D eigenvalue weighted by atomic mass is 35.5. The molecule has 0 aromatic carbocycles. The molecule has 2 N–H and O–H groups in total. The summed E-state index contributed by atoms with van der Waals surface area (Å²) in [5.41, 5.74) is 0. The fraction of sp³-hybridized carbons (Fsp3) is 0.417. The summed E-state index contributed by atoms with van der Waals surface area (Å²) in [5, 5.41) is 11.8. The molecule has 0 atom stereocenters. The maximum atomic E-state index is 11.8. The maximum absolute atomic E-state index is 11.8. The molecule has 1 aromatic rings. The molecular formula is C12H14Cl2N2O4S. The molecule has 0 aliphatic carbocycles. The van der Waals surface area contributed by atoms with Gasteiger partial charge in [-0.2, -0.15) is 4.98 Å². The first-order valence-electron chi connectivity index (χ1n) is 5.74. The topological polar surface area (TPSA) is 88.5 Å². The zero-order chi connectivity index (χ0) is 16.2. The van der Waals surface area contributed by atoms with Crippen LogP contribution in [0.3, 0.4) is 0 Å². The summed E-state index contributed by atoms with van der Waals surface area (Å²) in [4.78, 5) is 26.7. The monoisotopic (exact) mass is 352 g/mol. The number of ether oxygens (including phenoxy) is 1. The van der Waals surface area contributed by atoms with E-state index in [1.807, 2.05) is 0 Å². The number of rotatable bonds is 6. The molecule has 0 bridgehead atoms. The second-order valence-electron chi connectivity index (χ2n) is 4.46. The maximum Gasteiger partial charge on any atom is 0.319 e. The summed E-state index contributed by atoms with van der Waals surface area (Å²) in [7, 11) is 1.39. The molecule has 0 aliphatic heterocycles. The smallest absolute Gasteiger partial charge is 0.319 e. The molecule has 0 fully saturated rings. The van der Waals surface area contributed by atoms with E-state index in [0.29, 0.717) is 0 Å². The van der Waals surface area contributed by atoms with Gasteiger partial charge in [0.2, 0.25) is 11.8 Å². The van der Waals surface area contributed by atoms with E-state index in [-0.39, 0.29) is 27.5 Å². The Morgan fingerprint density at radius 3 is 2.57 bits per heavy atom. The van der Waals surface area contributed by atoms with Crippen LogP contribution in [0, 0.1) is 0 Å². The van der Waals surface area contributed by atoms with Crippen LogP contribution in [0.5, 0.6) is 5.88 Å². The lowest BCUT2D eigenvalue weighted by Crippen LogP contribution is -2.29. The predicted molar refractivity (Wildman–Crippen MR) is 83.6 cm³/mol. The Labute approximate surface area is 136 Å². The lowest BCUT2D eigenvalue weighted by atomic mass is 10.2. The van der Waals surface area contributed by atoms with E-state index in [4.69, 9.17) is 33.0 Å². The minimum Gasteiger partial charge on any atom is -0.480 e. The SMILES string of the molecule is COc1nc(NC(=O)CSC(C)(C)C(=O)O)c(Cl)cc1Cl. The van der Waals surface area contributed by atoms with Crippen molar-refractivity contribution in [2.75, 3.05) is 18.2 Å². The molecule has 1 amide bonds. The summed E-state index contributed by atoms with van der Waals surface area (Å²) < 4.78 is 3.87. The number of hydrogen-bond donors (Lipinski definition) is 2. The lowest BCUT2D eigenvalue weighted by molar-refractivity contribution is -0.138. The molecule has 21 heavy (non-hydrogen) atoms. The average Bonchev–Trinajstić information content (AvgIpc) is 2.39. The van der Waals surface area contributed by atoms with Crippen LogP contribution in [0.4, 0.5) is 5.82 Å². The van der Waals surface area contributed by atoms with Crippen molar-refractivity contribution in [3.63, 3.8) is 0 Å². The van der Waals surface area contributed by atoms with Crippen molar-refractivity contribution in [2.24, 2.45) is 0 Å². The van der Waals surface area contributed by atoms with Gasteiger partial charge in [0.1, 0.15) is 9.77 Å². The minimum absolute atomic E-state index is 0.0533. The molecule has 116 valence electrons. The molecule has 1 heterocycles. The van der Waals surface area contributed by atoms with Gasteiger partial charge in [-0.1, -0.05) is 23.2 Å². The number of carbonyl (C=O) groups excluding carboxylic acids is 1. The molecule has 1 rings (SSSR count). The quantitative estimate of drug-likeness (QED) is 0.818. The third-order valence-electron chi connectivity index (χ3n) is 2.43. The number of anilines is 1. The predicted octanol–water partition coefficient (Wildman–Crippen LogP) is 2.93. The number of amides is 1. The van der Waals surface area contributed by atoms with Crippen molar-refractivity contribution in [1.29, 1.82) is 0 Å². The molecule has 9 heteroatoms. The molecule has 0 saturated heterocycles. The fourth-order valence-electron chi connectivity index (χ4n) is 1.16. The van der Waals surface area contributed by atoms with Gasteiger partial charge >= 0.3 is 5.97 Å². The highest BCUT2D eigenvalue weighted by Gasteiger charge is 2.28. The zero-order valence-corrected chi connectivity index (χ0v) is 13.9. The number of nitrogens with zero attached hydrogens (tertiary/aromatic N) is 1. The number of nitrogens with one attached hydrogen (secondary N) is 1. The van der Waals surface area contributed by atoms with Crippen LogP contribution in [0.1, 0.15) is 13.8 Å². The second kappa shape index (κ2) is 7.20. The third kappa shape index (κ3) is 4.94. The van der Waals surface area contributed by atoms with Crippen LogP contribution in [-0.4, -0.2) is 39.6 Å². The van der Waals surface area contributed by atoms with Gasteiger partial charge in [0.25, 0.3) is 0 Å². The van der Waals surface area contributed by atoms with Crippen LogP contribution in [0.15, 0.2) is 6.07 Å². The van der Waals surface area contributed by atoms with Gasteiger partial charge in [-0.25, -0.2) is 0 Å². The Bertz CT molecular complexity index is 566. The molecule has 0 saturated carbocycles. The third-order valence-corrected chi connectivity index (χ3v) is 4.29. The van der Waals surface area contributed by atoms with Crippen LogP contribution in [0.25, 0.3) is 0 Å². The van der Waals surface area contributed by atoms with Crippen LogP contribution in [0.2, 0.25) is 10.0 Å². The Kier molecular flexibility index (Phi) is 6.12. The van der Waals surface area contributed by atoms with Crippen molar-refractivity contribution < 1.29 is 19.4 Å². The van der Waals surface area contributed by atoms with Crippen LogP contribution >= 0.6 is 35.0 Å². The molecule has 6 nitrogen and oxygen atoms in total. The average molecular weight is 353 g/mol. The van der Waals surface area contributed by atoms with E-state index in [1.165, 1.54) is 27.0 Å². The van der Waals surface area contributed by atoms with Gasteiger partial charge in [0.15, 0.2) is 5.82 Å². The highest BCUT2D eigenvalue weighted by molar-refractivity contribution is 8.02. The Morgan fingerprint density at radius 2 is 2.05 bits per heavy atom. The number of aromatic nitrogens is 1. The standard InChI is InChI=1S/C12H14Cl2N2O4S/c1-12(2,11(18)19)21-5-8(17)15-9-6(13)4-7(14)10(16-9)20-3/h4H,5H2,1-3H3,(H,18,19)(H,15,16,17). The summed E-state index contributed by atoms with van der Waals surface area (Å²) in [5.74, 6) is -1.23. The number of carbonyl (C=O) groups is 2. The van der Waals surface area contributed by atoms with Crippen molar-refractivity contribution in [3.8, 4) is 5.88 Å². The first-order chi connectivity index (χ1) is 9.67. The van der Waals surface area contributed by atoms with Gasteiger partial charge in [0.05, 0.1) is 17.9 Å². The first kappa shape index (κ1) is 17.9. The Morgan fingerprint density at radius 1 is 1.43 bits per heavy atom. The van der Waals surface area contributed by atoms with Gasteiger partial charge in [-0.05, 0) is 19.9 Å². The summed E-state index contributed by atoms with van der Waals surface area (Å²) >= 11 is 12.8. The molecule has 0 aliphatic rings. The number of thioether (sulfide) groups is 1. The number of aliphatic carboxylic acids is 1. The van der Waals surface area contributed by atoms with Crippen molar-refractivity contribution in [2.45, 2.75) is 18.6 Å². The normalized spacial score (nSPS) is 11.1. The molecule has 0 radical (unpaired) electrons. The van der Waals surface area contributed by atoms with E-state index in [9.17, 15) is 9.59 Å². The molecule has 1 aromatic heterocycles. The van der Waals surface area contributed by atoms with Gasteiger partial charge < -0.3 is 15.2 Å². The van der Waals surface area contributed by atoms with Crippen LogP contribution in [-0.2, 0) is 9.59 Å². The summed E-state index contributed by atoms with van der Waals surface area (Å²) in [6.45, 7) is 3.04. The molecular weight excluding hydrogens is 339 g/mol. The number of hydrogen-bond acceptors (Lipinski definition) is 5. The van der Waals surface area contributed by atoms with E-state index in [0.717, 1.165) is 11.8 Å². The minimum atomic E-state index is -1.06. The van der Waals surface area contributed by atoms with Crippen molar-refractivity contribution in [3.05, 3.63) is 16.1 Å². The molecule has 0 spiro atoms. The highest BCUT2D eigenvalue weighted by Crippen LogP contribution is 2.31. The first-order valence-corrected chi connectivity index (χ1v) is 7.48. The van der Waals surface area contributed by atoms with Crippen molar-refractivity contribution in [1.82, 2.24) is 4.98 Å². The fourth-order valence-corrected chi connectivity index (χ4v) is 2.33. The zero-order valence-electron chi connectivity index (χ0n) is 11.6. The Hall–Kier alpha value is -1.18. The van der Waals surface area contributed by atoms with Gasteiger partial charge in [0, 0.05) is 0 Å². The van der Waals surface area contributed by atoms with Crippen molar-refractivity contribution >= 4 is 52.7 Å². The van der Waals surface area contributed by atoms with Crippen LogP contribution < -0.4 is 10.1 Å². The lowest BCUT2D eigenvalue weighted by Gasteiger charge is -2.18.